The minimum absolute atomic E-state index is 0.219. The van der Waals surface area contributed by atoms with Crippen LogP contribution in [0.25, 0.3) is 0 Å². The highest BCUT2D eigenvalue weighted by Gasteiger charge is 2.26. The van der Waals surface area contributed by atoms with Crippen molar-refractivity contribution in [2.75, 3.05) is 0 Å². The lowest BCUT2D eigenvalue weighted by Gasteiger charge is -2.26. The van der Waals surface area contributed by atoms with Crippen molar-refractivity contribution in [3.63, 3.8) is 0 Å². The predicted molar refractivity (Wildman–Crippen MR) is 66.9 cm³/mol. The third-order valence-corrected chi connectivity index (χ3v) is 3.20. The Labute approximate surface area is 106 Å². The number of nitrogens with one attached hydrogen (secondary N) is 1. The van der Waals surface area contributed by atoms with Gasteiger partial charge >= 0.3 is 6.09 Å². The molecule has 0 aliphatic heterocycles. The number of ether oxygens (including phenoxy) is 1. The molecule has 0 bridgehead atoms. The molecular formula is C14H18FNO2. The summed E-state index contributed by atoms with van der Waals surface area (Å²) in [6.07, 6.45) is 1.62. The van der Waals surface area contributed by atoms with Gasteiger partial charge in [-0.2, -0.15) is 0 Å². The number of carbonyl (C=O) groups excluding carboxylic acids is 1. The summed E-state index contributed by atoms with van der Waals surface area (Å²) >= 11 is 0. The van der Waals surface area contributed by atoms with Crippen molar-refractivity contribution in [1.82, 2.24) is 5.32 Å². The largest absolute Gasteiger partial charge is 0.445 e. The Morgan fingerprint density at radius 3 is 2.72 bits per heavy atom. The topological polar surface area (TPSA) is 38.3 Å². The van der Waals surface area contributed by atoms with Crippen molar-refractivity contribution in [3.8, 4) is 0 Å². The molecule has 0 spiro atoms. The third-order valence-electron chi connectivity index (χ3n) is 3.20. The van der Waals surface area contributed by atoms with Crippen molar-refractivity contribution in [1.29, 1.82) is 0 Å². The van der Waals surface area contributed by atoms with Crippen LogP contribution < -0.4 is 5.32 Å². The number of amides is 1. The average molecular weight is 251 g/mol. The van der Waals surface area contributed by atoms with E-state index in [0.717, 1.165) is 18.4 Å². The smallest absolute Gasteiger partial charge is 0.407 e. The lowest BCUT2D eigenvalue weighted by atomic mass is 9.94. The average Bonchev–Trinajstić information content (AvgIpc) is 2.40. The molecule has 0 heterocycles. The highest BCUT2D eigenvalue weighted by Crippen LogP contribution is 2.21. The summed E-state index contributed by atoms with van der Waals surface area (Å²) in [5, 5.41) is 2.60. The zero-order chi connectivity index (χ0) is 12.8. The number of alkyl halides is 1. The van der Waals surface area contributed by atoms with Crippen molar-refractivity contribution in [2.24, 2.45) is 0 Å². The minimum atomic E-state index is -0.942. The normalized spacial score (nSPS) is 23.4. The van der Waals surface area contributed by atoms with Gasteiger partial charge in [-0.25, -0.2) is 9.18 Å². The molecule has 0 saturated heterocycles. The van der Waals surface area contributed by atoms with Crippen LogP contribution in [0.4, 0.5) is 9.18 Å². The van der Waals surface area contributed by atoms with Crippen LogP contribution in [0.15, 0.2) is 30.3 Å². The van der Waals surface area contributed by atoms with Crippen molar-refractivity contribution >= 4 is 6.09 Å². The molecule has 1 fully saturated rings. The summed E-state index contributed by atoms with van der Waals surface area (Å²) in [5.41, 5.74) is 0.924. The number of rotatable bonds is 3. The molecule has 1 aromatic carbocycles. The maximum Gasteiger partial charge on any atom is 0.407 e. The van der Waals surface area contributed by atoms with E-state index in [1.807, 2.05) is 30.3 Å². The zero-order valence-electron chi connectivity index (χ0n) is 10.3. The van der Waals surface area contributed by atoms with Gasteiger partial charge in [0.2, 0.25) is 0 Å². The van der Waals surface area contributed by atoms with Crippen LogP contribution in [0.5, 0.6) is 0 Å². The van der Waals surface area contributed by atoms with Crippen LogP contribution in [0.1, 0.15) is 31.2 Å². The predicted octanol–water partition coefficient (Wildman–Crippen LogP) is 3.19. The first-order chi connectivity index (χ1) is 8.75. The quantitative estimate of drug-likeness (QED) is 0.896. The van der Waals surface area contributed by atoms with Gasteiger partial charge in [0.15, 0.2) is 0 Å². The van der Waals surface area contributed by atoms with Crippen LogP contribution in [-0.2, 0) is 11.3 Å². The van der Waals surface area contributed by atoms with Gasteiger partial charge in [-0.1, -0.05) is 43.2 Å². The second-order valence-corrected chi connectivity index (χ2v) is 4.61. The number of hydrogen-bond acceptors (Lipinski definition) is 2. The van der Waals surface area contributed by atoms with Crippen molar-refractivity contribution in [2.45, 2.75) is 44.5 Å². The van der Waals surface area contributed by atoms with Gasteiger partial charge in [-0.3, -0.25) is 0 Å². The lowest BCUT2D eigenvalue weighted by molar-refractivity contribution is 0.119. The molecule has 1 aromatic rings. The number of carbonyl (C=O) groups is 1. The monoisotopic (exact) mass is 251 g/mol. The van der Waals surface area contributed by atoms with E-state index in [-0.39, 0.29) is 12.6 Å². The van der Waals surface area contributed by atoms with Crippen molar-refractivity contribution in [3.05, 3.63) is 35.9 Å². The lowest BCUT2D eigenvalue weighted by Crippen LogP contribution is -2.43. The Kier molecular flexibility index (Phi) is 4.56. The third kappa shape index (κ3) is 3.72. The maximum absolute atomic E-state index is 13.5. The number of hydrogen-bond donors (Lipinski definition) is 1. The summed E-state index contributed by atoms with van der Waals surface area (Å²) in [4.78, 5) is 11.5. The molecule has 18 heavy (non-hydrogen) atoms. The standard InChI is InChI=1S/C14H18FNO2/c15-12-8-4-5-9-13(12)16-14(17)18-10-11-6-2-1-3-7-11/h1-3,6-7,12-13H,4-5,8-10H2,(H,16,17). The summed E-state index contributed by atoms with van der Waals surface area (Å²) < 4.78 is 18.6. The second kappa shape index (κ2) is 6.38. The van der Waals surface area contributed by atoms with Crippen LogP contribution in [-0.4, -0.2) is 18.3 Å². The molecule has 1 aliphatic carbocycles. The van der Waals surface area contributed by atoms with Crippen LogP contribution in [0.3, 0.4) is 0 Å². The van der Waals surface area contributed by atoms with Gasteiger partial charge in [0.05, 0.1) is 6.04 Å². The fourth-order valence-corrected chi connectivity index (χ4v) is 2.16. The highest BCUT2D eigenvalue weighted by molar-refractivity contribution is 5.67. The van der Waals surface area contributed by atoms with Gasteiger partial charge in [0.25, 0.3) is 0 Å². The molecule has 2 atom stereocenters. The Bertz CT molecular complexity index is 383. The summed E-state index contributed by atoms with van der Waals surface area (Å²) in [7, 11) is 0. The first-order valence-corrected chi connectivity index (χ1v) is 6.37. The molecule has 1 amide bonds. The van der Waals surface area contributed by atoms with Gasteiger partial charge in [-0.05, 0) is 18.4 Å². The highest BCUT2D eigenvalue weighted by atomic mass is 19.1. The fourth-order valence-electron chi connectivity index (χ4n) is 2.16. The van der Waals surface area contributed by atoms with Crippen LogP contribution >= 0.6 is 0 Å². The molecule has 2 unspecified atom stereocenters. The summed E-state index contributed by atoms with van der Waals surface area (Å²) in [5.74, 6) is 0. The van der Waals surface area contributed by atoms with Gasteiger partial charge in [0.1, 0.15) is 12.8 Å². The van der Waals surface area contributed by atoms with Gasteiger partial charge in [0, 0.05) is 0 Å². The van der Waals surface area contributed by atoms with Gasteiger partial charge in [-0.15, -0.1) is 0 Å². The zero-order valence-corrected chi connectivity index (χ0v) is 10.3. The molecule has 1 N–H and O–H groups in total. The molecule has 2 rings (SSSR count). The minimum Gasteiger partial charge on any atom is -0.445 e. The SMILES string of the molecule is O=C(NC1CCCCC1F)OCc1ccccc1. The van der Waals surface area contributed by atoms with Crippen LogP contribution in [0.2, 0.25) is 0 Å². The molecule has 1 aliphatic rings. The molecular weight excluding hydrogens is 233 g/mol. The van der Waals surface area contributed by atoms with E-state index in [9.17, 15) is 9.18 Å². The number of benzene rings is 1. The second-order valence-electron chi connectivity index (χ2n) is 4.61. The Morgan fingerprint density at radius 1 is 1.28 bits per heavy atom. The first-order valence-electron chi connectivity index (χ1n) is 6.37. The summed E-state index contributed by atoms with van der Waals surface area (Å²) in [6, 6.07) is 9.05. The number of alkyl carbamates (subject to hydrolysis) is 1. The Balaban J connectivity index is 1.75. The van der Waals surface area contributed by atoms with Crippen molar-refractivity contribution < 1.29 is 13.9 Å². The fraction of sp³-hybridized carbons (Fsp3) is 0.500. The van der Waals surface area contributed by atoms with E-state index in [1.165, 1.54) is 0 Å². The van der Waals surface area contributed by atoms with E-state index < -0.39 is 12.3 Å². The van der Waals surface area contributed by atoms with Crippen LogP contribution in [0, 0.1) is 0 Å². The molecule has 4 heteroatoms. The molecule has 0 radical (unpaired) electrons. The molecule has 0 aromatic heterocycles. The van der Waals surface area contributed by atoms with Gasteiger partial charge < -0.3 is 10.1 Å². The number of halogens is 1. The van der Waals surface area contributed by atoms with E-state index in [2.05, 4.69) is 5.32 Å². The maximum atomic E-state index is 13.5. The van der Waals surface area contributed by atoms with E-state index in [4.69, 9.17) is 4.74 Å². The molecule has 1 saturated carbocycles. The Hall–Kier alpha value is -1.58. The van der Waals surface area contributed by atoms with E-state index >= 15 is 0 Å². The van der Waals surface area contributed by atoms with E-state index in [1.54, 1.807) is 0 Å². The Morgan fingerprint density at radius 2 is 2.00 bits per heavy atom. The first kappa shape index (κ1) is 12.9. The molecule has 98 valence electrons. The molecule has 3 nitrogen and oxygen atoms in total. The summed E-state index contributed by atoms with van der Waals surface area (Å²) in [6.45, 7) is 0.219. The van der Waals surface area contributed by atoms with E-state index in [0.29, 0.717) is 12.8 Å².